The topological polar surface area (TPSA) is 55.2 Å². The van der Waals surface area contributed by atoms with Crippen LogP contribution in [0.3, 0.4) is 0 Å². The molecule has 0 aliphatic carbocycles. The summed E-state index contributed by atoms with van der Waals surface area (Å²) >= 11 is 3.16. The van der Waals surface area contributed by atoms with Gasteiger partial charge in [0.15, 0.2) is 0 Å². The molecule has 0 heterocycles. The molecule has 0 fully saturated rings. The van der Waals surface area contributed by atoms with Crippen molar-refractivity contribution in [2.24, 2.45) is 0 Å². The molecular weight excluding hydrogens is 339 g/mol. The summed E-state index contributed by atoms with van der Waals surface area (Å²) in [4.78, 5) is 10.7. The molecule has 0 saturated heterocycles. The molecule has 2 aromatic carbocycles. The van der Waals surface area contributed by atoms with Gasteiger partial charge in [0, 0.05) is 17.7 Å². The van der Waals surface area contributed by atoms with Crippen molar-refractivity contribution < 1.29 is 9.31 Å². The van der Waals surface area contributed by atoms with E-state index >= 15 is 0 Å². The second-order valence-electron chi connectivity index (χ2n) is 4.60. The van der Waals surface area contributed by atoms with E-state index in [1.54, 1.807) is 37.4 Å². The molecule has 0 aromatic heterocycles. The molecule has 1 N–H and O–H groups in total. The lowest BCUT2D eigenvalue weighted by molar-refractivity contribution is -0.385. The summed E-state index contributed by atoms with van der Waals surface area (Å²) in [5, 5.41) is 14.2. The normalized spacial score (nSPS) is 12.1. The Morgan fingerprint density at radius 1 is 1.33 bits per heavy atom. The summed E-state index contributed by atoms with van der Waals surface area (Å²) in [6.07, 6.45) is 0.450. The number of nitro groups is 1. The van der Waals surface area contributed by atoms with Crippen molar-refractivity contribution in [2.75, 3.05) is 7.05 Å². The lowest BCUT2D eigenvalue weighted by Gasteiger charge is -2.17. The summed E-state index contributed by atoms with van der Waals surface area (Å²) in [5.74, 6) is -0.334. The highest BCUT2D eigenvalue weighted by molar-refractivity contribution is 9.10. The number of halogens is 2. The maximum absolute atomic E-state index is 13.3. The molecule has 1 atom stereocenters. The summed E-state index contributed by atoms with van der Waals surface area (Å²) in [6.45, 7) is 0. The van der Waals surface area contributed by atoms with E-state index in [4.69, 9.17) is 0 Å². The average molecular weight is 353 g/mol. The van der Waals surface area contributed by atoms with Crippen LogP contribution in [0.1, 0.15) is 17.2 Å². The van der Waals surface area contributed by atoms with Crippen molar-refractivity contribution in [3.63, 3.8) is 0 Å². The molecule has 0 amide bonds. The molecule has 110 valence electrons. The molecule has 0 radical (unpaired) electrons. The van der Waals surface area contributed by atoms with E-state index < -0.39 is 0 Å². The van der Waals surface area contributed by atoms with E-state index in [-0.39, 0.29) is 22.5 Å². The van der Waals surface area contributed by atoms with Gasteiger partial charge in [-0.15, -0.1) is 0 Å². The summed E-state index contributed by atoms with van der Waals surface area (Å²) in [7, 11) is 1.77. The van der Waals surface area contributed by atoms with Gasteiger partial charge in [-0.25, -0.2) is 4.39 Å². The second kappa shape index (κ2) is 6.78. The number of likely N-dealkylation sites (N-methyl/N-ethyl adjacent to an activating group) is 1. The molecule has 0 spiro atoms. The zero-order chi connectivity index (χ0) is 15.4. The van der Waals surface area contributed by atoms with E-state index in [0.717, 1.165) is 5.56 Å². The highest BCUT2D eigenvalue weighted by atomic mass is 79.9. The number of hydrogen-bond donors (Lipinski definition) is 1. The van der Waals surface area contributed by atoms with Crippen molar-refractivity contribution in [3.8, 4) is 0 Å². The van der Waals surface area contributed by atoms with Gasteiger partial charge in [0.2, 0.25) is 0 Å². The standard InChI is InChI=1S/C15H14BrFN2O2/c1-18-14(10-6-7-13(17)12(16)8-10)9-11-4-2-3-5-15(11)19(20)21/h2-8,14,18H,9H2,1H3. The Kier molecular flexibility index (Phi) is 5.03. The number of nitrogens with one attached hydrogen (secondary N) is 1. The van der Waals surface area contributed by atoms with Crippen LogP contribution in [0, 0.1) is 15.9 Å². The van der Waals surface area contributed by atoms with Crippen molar-refractivity contribution in [3.05, 3.63) is 74.0 Å². The first kappa shape index (κ1) is 15.6. The van der Waals surface area contributed by atoms with E-state index in [1.165, 1.54) is 12.1 Å². The summed E-state index contributed by atoms with van der Waals surface area (Å²) < 4.78 is 13.7. The smallest absolute Gasteiger partial charge is 0.272 e. The Bertz CT molecular complexity index is 664. The lowest BCUT2D eigenvalue weighted by Crippen LogP contribution is -2.19. The first-order chi connectivity index (χ1) is 10.0. The number of para-hydroxylation sites is 1. The zero-order valence-corrected chi connectivity index (χ0v) is 12.9. The largest absolute Gasteiger partial charge is 0.313 e. The fourth-order valence-corrected chi connectivity index (χ4v) is 2.59. The van der Waals surface area contributed by atoms with Crippen molar-refractivity contribution in [1.29, 1.82) is 0 Å². The van der Waals surface area contributed by atoms with E-state index in [9.17, 15) is 14.5 Å². The molecule has 1 unspecified atom stereocenters. The average Bonchev–Trinajstić information content (AvgIpc) is 2.48. The molecule has 0 saturated carbocycles. The minimum Gasteiger partial charge on any atom is -0.313 e. The van der Waals surface area contributed by atoms with Crippen LogP contribution in [0.25, 0.3) is 0 Å². The van der Waals surface area contributed by atoms with E-state index in [0.29, 0.717) is 16.5 Å². The molecule has 2 aromatic rings. The fourth-order valence-electron chi connectivity index (χ4n) is 2.20. The minimum absolute atomic E-state index is 0.0962. The number of hydrogen-bond acceptors (Lipinski definition) is 3. The third kappa shape index (κ3) is 3.65. The SMILES string of the molecule is CNC(Cc1ccccc1[N+](=O)[O-])c1ccc(F)c(Br)c1. The van der Waals surface area contributed by atoms with Gasteiger partial charge in [0.1, 0.15) is 5.82 Å². The fraction of sp³-hybridized carbons (Fsp3) is 0.200. The van der Waals surface area contributed by atoms with Crippen molar-refractivity contribution in [1.82, 2.24) is 5.32 Å². The highest BCUT2D eigenvalue weighted by Crippen LogP contribution is 2.27. The Hall–Kier alpha value is -1.79. The van der Waals surface area contributed by atoms with Crippen LogP contribution < -0.4 is 5.32 Å². The molecule has 21 heavy (non-hydrogen) atoms. The summed E-state index contributed by atoms with van der Waals surface area (Å²) in [5.41, 5.74) is 1.60. The number of nitro benzene ring substituents is 1. The van der Waals surface area contributed by atoms with Crippen LogP contribution in [0.4, 0.5) is 10.1 Å². The first-order valence-corrected chi connectivity index (χ1v) is 7.16. The predicted molar refractivity (Wildman–Crippen MR) is 82.7 cm³/mol. The van der Waals surface area contributed by atoms with Crippen LogP contribution in [-0.2, 0) is 6.42 Å². The van der Waals surface area contributed by atoms with Gasteiger partial charge in [-0.3, -0.25) is 10.1 Å². The van der Waals surface area contributed by atoms with Gasteiger partial charge in [-0.05, 0) is 47.1 Å². The third-order valence-corrected chi connectivity index (χ3v) is 3.91. The molecule has 4 nitrogen and oxygen atoms in total. The van der Waals surface area contributed by atoms with Gasteiger partial charge in [-0.1, -0.05) is 24.3 Å². The molecule has 0 aliphatic heterocycles. The highest BCUT2D eigenvalue weighted by Gasteiger charge is 2.18. The molecule has 0 bridgehead atoms. The van der Waals surface area contributed by atoms with Gasteiger partial charge in [0.05, 0.1) is 9.40 Å². The minimum atomic E-state index is -0.386. The first-order valence-electron chi connectivity index (χ1n) is 6.37. The van der Waals surface area contributed by atoms with Crippen LogP contribution in [-0.4, -0.2) is 12.0 Å². The predicted octanol–water partition coefficient (Wildman–Crippen LogP) is 4.00. The van der Waals surface area contributed by atoms with Gasteiger partial charge >= 0.3 is 0 Å². The maximum Gasteiger partial charge on any atom is 0.272 e. The van der Waals surface area contributed by atoms with Crippen LogP contribution in [0.15, 0.2) is 46.9 Å². The van der Waals surface area contributed by atoms with Gasteiger partial charge < -0.3 is 5.32 Å². The second-order valence-corrected chi connectivity index (χ2v) is 5.46. The maximum atomic E-state index is 13.3. The van der Waals surface area contributed by atoms with Gasteiger partial charge in [-0.2, -0.15) is 0 Å². The number of nitrogens with zero attached hydrogens (tertiary/aromatic N) is 1. The van der Waals surface area contributed by atoms with Crippen molar-refractivity contribution >= 4 is 21.6 Å². The van der Waals surface area contributed by atoms with Crippen molar-refractivity contribution in [2.45, 2.75) is 12.5 Å². The van der Waals surface area contributed by atoms with Crippen LogP contribution in [0.2, 0.25) is 0 Å². The monoisotopic (exact) mass is 352 g/mol. The van der Waals surface area contributed by atoms with Crippen LogP contribution in [0.5, 0.6) is 0 Å². The molecule has 0 aliphatic rings. The molecule has 6 heteroatoms. The Labute approximate surface area is 130 Å². The van der Waals surface area contributed by atoms with E-state index in [1.807, 2.05) is 0 Å². The quantitative estimate of drug-likeness (QED) is 0.653. The summed E-state index contributed by atoms with van der Waals surface area (Å²) in [6, 6.07) is 11.2. The third-order valence-electron chi connectivity index (χ3n) is 3.31. The Balaban J connectivity index is 2.31. The number of rotatable bonds is 5. The van der Waals surface area contributed by atoms with E-state index in [2.05, 4.69) is 21.2 Å². The molecule has 2 rings (SSSR count). The lowest BCUT2D eigenvalue weighted by atomic mass is 9.98. The van der Waals surface area contributed by atoms with Crippen LogP contribution >= 0.6 is 15.9 Å². The van der Waals surface area contributed by atoms with Gasteiger partial charge in [0.25, 0.3) is 5.69 Å². The molecular formula is C15H14BrFN2O2. The Morgan fingerprint density at radius 2 is 2.05 bits per heavy atom. The number of benzene rings is 2. The Morgan fingerprint density at radius 3 is 2.67 bits per heavy atom. The zero-order valence-electron chi connectivity index (χ0n) is 11.3.